The Labute approximate surface area is 84.0 Å². The number of hydrogen-bond acceptors (Lipinski definition) is 3. The van der Waals surface area contributed by atoms with Crippen molar-refractivity contribution in [3.05, 3.63) is 18.0 Å². The van der Waals surface area contributed by atoms with Crippen molar-refractivity contribution in [2.75, 3.05) is 13.2 Å². The molecule has 78 valence electrons. The van der Waals surface area contributed by atoms with Gasteiger partial charge in [0, 0.05) is 37.6 Å². The number of hydrogen-bond donors (Lipinski definition) is 2. The lowest BCUT2D eigenvalue weighted by Gasteiger charge is -2.14. The highest BCUT2D eigenvalue weighted by Gasteiger charge is 2.11. The average molecular weight is 195 g/mol. The van der Waals surface area contributed by atoms with Crippen LogP contribution in [0, 0.1) is 0 Å². The van der Waals surface area contributed by atoms with E-state index < -0.39 is 0 Å². The zero-order valence-electron chi connectivity index (χ0n) is 8.33. The van der Waals surface area contributed by atoms with Crippen molar-refractivity contribution in [1.82, 2.24) is 15.5 Å². The van der Waals surface area contributed by atoms with Crippen LogP contribution in [0.25, 0.3) is 0 Å². The Morgan fingerprint density at radius 1 is 1.50 bits per heavy atom. The van der Waals surface area contributed by atoms with Crippen LogP contribution in [0.4, 0.5) is 0 Å². The third kappa shape index (κ3) is 2.82. The van der Waals surface area contributed by atoms with Gasteiger partial charge in [-0.1, -0.05) is 0 Å². The molecule has 4 nitrogen and oxygen atoms in total. The number of nitrogens with one attached hydrogen (secondary N) is 2. The summed E-state index contributed by atoms with van der Waals surface area (Å²) in [6, 6.07) is 0.604. The van der Waals surface area contributed by atoms with Gasteiger partial charge in [-0.3, -0.25) is 5.10 Å². The fourth-order valence-corrected chi connectivity index (χ4v) is 1.74. The SMILES string of the molecule is c1n[nH]cc1CNC1CCCOCC1. The monoisotopic (exact) mass is 195 g/mol. The zero-order valence-corrected chi connectivity index (χ0v) is 8.33. The van der Waals surface area contributed by atoms with E-state index in [9.17, 15) is 0 Å². The summed E-state index contributed by atoms with van der Waals surface area (Å²) < 4.78 is 5.40. The third-order valence-corrected chi connectivity index (χ3v) is 2.60. The average Bonchev–Trinajstić information content (AvgIpc) is 2.58. The Kier molecular flexibility index (Phi) is 3.54. The van der Waals surface area contributed by atoms with Gasteiger partial charge in [0.1, 0.15) is 0 Å². The van der Waals surface area contributed by atoms with Crippen molar-refractivity contribution in [3.8, 4) is 0 Å². The van der Waals surface area contributed by atoms with E-state index in [-0.39, 0.29) is 0 Å². The molecule has 1 saturated heterocycles. The van der Waals surface area contributed by atoms with Crippen LogP contribution in [-0.2, 0) is 11.3 Å². The summed E-state index contributed by atoms with van der Waals surface area (Å²) in [4.78, 5) is 0. The molecule has 1 fully saturated rings. The first kappa shape index (κ1) is 9.68. The standard InChI is InChI=1S/C10H17N3O/c1-2-10(3-5-14-4-1)11-6-9-7-12-13-8-9/h7-8,10-11H,1-6H2,(H,12,13). The molecule has 1 aromatic rings. The summed E-state index contributed by atoms with van der Waals surface area (Å²) in [5.74, 6) is 0. The zero-order chi connectivity index (χ0) is 9.64. The molecule has 1 aromatic heterocycles. The van der Waals surface area contributed by atoms with E-state index in [0.717, 1.165) is 26.2 Å². The molecule has 2 N–H and O–H groups in total. The van der Waals surface area contributed by atoms with E-state index in [2.05, 4.69) is 15.5 Å². The molecule has 1 aliphatic rings. The molecule has 1 unspecified atom stereocenters. The number of H-pyrrole nitrogens is 1. The van der Waals surface area contributed by atoms with Crippen molar-refractivity contribution >= 4 is 0 Å². The lowest BCUT2D eigenvalue weighted by atomic mass is 10.1. The molecule has 2 heterocycles. The Hall–Kier alpha value is -0.870. The molecule has 1 aliphatic heterocycles. The summed E-state index contributed by atoms with van der Waals surface area (Å²) in [5, 5.41) is 10.3. The molecule has 0 amide bonds. The normalized spacial score (nSPS) is 23.3. The first-order chi connectivity index (χ1) is 6.95. The maximum absolute atomic E-state index is 5.40. The van der Waals surface area contributed by atoms with Gasteiger partial charge < -0.3 is 10.1 Å². The summed E-state index contributed by atoms with van der Waals surface area (Å²) in [6.07, 6.45) is 7.30. The first-order valence-electron chi connectivity index (χ1n) is 5.24. The van der Waals surface area contributed by atoms with Crippen LogP contribution in [0.1, 0.15) is 24.8 Å². The second kappa shape index (κ2) is 5.12. The molecule has 0 aromatic carbocycles. The number of aromatic amines is 1. The molecular weight excluding hydrogens is 178 g/mol. The van der Waals surface area contributed by atoms with E-state index in [0.29, 0.717) is 6.04 Å². The molecule has 0 radical (unpaired) electrons. The second-order valence-corrected chi connectivity index (χ2v) is 3.73. The minimum atomic E-state index is 0.604. The predicted octanol–water partition coefficient (Wildman–Crippen LogP) is 1.07. The Balaban J connectivity index is 1.73. The maximum atomic E-state index is 5.40. The lowest BCUT2D eigenvalue weighted by molar-refractivity contribution is 0.142. The van der Waals surface area contributed by atoms with Crippen molar-refractivity contribution in [2.24, 2.45) is 0 Å². The highest BCUT2D eigenvalue weighted by Crippen LogP contribution is 2.08. The van der Waals surface area contributed by atoms with Crippen molar-refractivity contribution in [3.63, 3.8) is 0 Å². The summed E-state index contributed by atoms with van der Waals surface area (Å²) in [7, 11) is 0. The van der Waals surface area contributed by atoms with E-state index in [1.165, 1.54) is 18.4 Å². The van der Waals surface area contributed by atoms with E-state index >= 15 is 0 Å². The minimum Gasteiger partial charge on any atom is -0.381 e. The fraction of sp³-hybridized carbons (Fsp3) is 0.700. The summed E-state index contributed by atoms with van der Waals surface area (Å²) in [6.45, 7) is 2.72. The van der Waals surface area contributed by atoms with Crippen molar-refractivity contribution < 1.29 is 4.74 Å². The largest absolute Gasteiger partial charge is 0.381 e. The van der Waals surface area contributed by atoms with E-state index in [1.807, 2.05) is 12.4 Å². The second-order valence-electron chi connectivity index (χ2n) is 3.73. The van der Waals surface area contributed by atoms with Gasteiger partial charge in [0.2, 0.25) is 0 Å². The van der Waals surface area contributed by atoms with Gasteiger partial charge in [0.25, 0.3) is 0 Å². The fourth-order valence-electron chi connectivity index (χ4n) is 1.74. The highest BCUT2D eigenvalue weighted by molar-refractivity contribution is 5.01. The van der Waals surface area contributed by atoms with Crippen molar-refractivity contribution in [1.29, 1.82) is 0 Å². The van der Waals surface area contributed by atoms with Gasteiger partial charge in [-0.05, 0) is 19.3 Å². The van der Waals surface area contributed by atoms with Gasteiger partial charge >= 0.3 is 0 Å². The number of aromatic nitrogens is 2. The van der Waals surface area contributed by atoms with Gasteiger partial charge in [-0.15, -0.1) is 0 Å². The predicted molar refractivity (Wildman–Crippen MR) is 53.9 cm³/mol. The summed E-state index contributed by atoms with van der Waals surface area (Å²) >= 11 is 0. The molecule has 0 saturated carbocycles. The van der Waals surface area contributed by atoms with Gasteiger partial charge in [0.15, 0.2) is 0 Å². The highest BCUT2D eigenvalue weighted by atomic mass is 16.5. The molecule has 0 aliphatic carbocycles. The smallest absolute Gasteiger partial charge is 0.0532 e. The summed E-state index contributed by atoms with van der Waals surface area (Å²) in [5.41, 5.74) is 1.22. The molecule has 0 spiro atoms. The third-order valence-electron chi connectivity index (χ3n) is 2.60. The van der Waals surface area contributed by atoms with Crippen LogP contribution in [0.2, 0.25) is 0 Å². The minimum absolute atomic E-state index is 0.604. The van der Waals surface area contributed by atoms with E-state index in [1.54, 1.807) is 0 Å². The molecule has 4 heteroatoms. The van der Waals surface area contributed by atoms with Crippen LogP contribution >= 0.6 is 0 Å². The number of nitrogens with zero attached hydrogens (tertiary/aromatic N) is 1. The van der Waals surface area contributed by atoms with Crippen LogP contribution in [0.15, 0.2) is 12.4 Å². The quantitative estimate of drug-likeness (QED) is 0.758. The molecule has 2 rings (SSSR count). The van der Waals surface area contributed by atoms with Gasteiger partial charge in [-0.2, -0.15) is 5.10 Å². The molecule has 14 heavy (non-hydrogen) atoms. The number of rotatable bonds is 3. The molecule has 1 atom stereocenters. The van der Waals surface area contributed by atoms with Crippen molar-refractivity contribution in [2.45, 2.75) is 31.8 Å². The number of ether oxygens (including phenoxy) is 1. The molecular formula is C10H17N3O. The lowest BCUT2D eigenvalue weighted by Crippen LogP contribution is -2.28. The van der Waals surface area contributed by atoms with Gasteiger partial charge in [-0.25, -0.2) is 0 Å². The Bertz CT molecular complexity index is 240. The van der Waals surface area contributed by atoms with Crippen LogP contribution in [0.3, 0.4) is 0 Å². The van der Waals surface area contributed by atoms with Crippen LogP contribution < -0.4 is 5.32 Å². The molecule has 0 bridgehead atoms. The van der Waals surface area contributed by atoms with Gasteiger partial charge in [0.05, 0.1) is 6.20 Å². The van der Waals surface area contributed by atoms with Crippen LogP contribution in [-0.4, -0.2) is 29.5 Å². The first-order valence-corrected chi connectivity index (χ1v) is 5.24. The Morgan fingerprint density at radius 3 is 3.36 bits per heavy atom. The van der Waals surface area contributed by atoms with Crippen LogP contribution in [0.5, 0.6) is 0 Å². The van der Waals surface area contributed by atoms with E-state index in [4.69, 9.17) is 4.74 Å². The maximum Gasteiger partial charge on any atom is 0.0532 e. The Morgan fingerprint density at radius 2 is 2.50 bits per heavy atom. The topological polar surface area (TPSA) is 49.9 Å².